The number of hydrogen-bond donors (Lipinski definition) is 1. The topological polar surface area (TPSA) is 12.0 Å². The van der Waals surface area contributed by atoms with Crippen LogP contribution in [0.5, 0.6) is 0 Å². The zero-order valence-electron chi connectivity index (χ0n) is 9.57. The van der Waals surface area contributed by atoms with Gasteiger partial charge in [-0.1, -0.05) is 13.0 Å². The third kappa shape index (κ3) is 3.54. The third-order valence-corrected chi connectivity index (χ3v) is 3.91. The maximum atomic E-state index is 13.4. The van der Waals surface area contributed by atoms with Gasteiger partial charge in [0.25, 0.3) is 0 Å². The summed E-state index contributed by atoms with van der Waals surface area (Å²) < 4.78 is 26.8. The van der Waals surface area contributed by atoms with Crippen LogP contribution >= 0.6 is 23.2 Å². The molecule has 0 spiro atoms. The van der Waals surface area contributed by atoms with Crippen molar-refractivity contribution in [2.24, 2.45) is 0 Å². The van der Waals surface area contributed by atoms with Gasteiger partial charge in [-0.15, -0.1) is 23.2 Å². The molecule has 0 aliphatic heterocycles. The highest BCUT2D eigenvalue weighted by atomic mass is 35.5. The number of hydrogen-bond acceptors (Lipinski definition) is 1. The van der Waals surface area contributed by atoms with E-state index in [0.717, 1.165) is 0 Å². The molecule has 0 aliphatic carbocycles. The number of nitrogens with one attached hydrogen (secondary N) is 1. The lowest BCUT2D eigenvalue weighted by Gasteiger charge is -2.29. The van der Waals surface area contributed by atoms with Crippen molar-refractivity contribution in [1.29, 1.82) is 0 Å². The average Bonchev–Trinajstić information content (AvgIpc) is 2.34. The van der Waals surface area contributed by atoms with Crippen LogP contribution in [-0.4, -0.2) is 17.3 Å². The van der Waals surface area contributed by atoms with Crippen LogP contribution in [0.25, 0.3) is 0 Å². The lowest BCUT2D eigenvalue weighted by atomic mass is 10.0. The Balaban J connectivity index is 2.79. The molecule has 0 heterocycles. The highest BCUT2D eigenvalue weighted by Crippen LogP contribution is 2.18. The molecule has 1 rings (SSSR count). The van der Waals surface area contributed by atoms with Crippen molar-refractivity contribution in [2.45, 2.75) is 25.4 Å². The zero-order chi connectivity index (χ0) is 12.9. The summed E-state index contributed by atoms with van der Waals surface area (Å²) in [5, 5.41) is 3.04. The van der Waals surface area contributed by atoms with Crippen LogP contribution in [0, 0.1) is 11.6 Å². The third-order valence-electron chi connectivity index (χ3n) is 2.89. The standard InChI is InChI=1S/C12H15Cl2F2N/c1-2-12(7-13,8-14)17-6-9-10(15)4-3-5-11(9)16/h3-5,17H,2,6-8H2,1H3. The zero-order valence-corrected chi connectivity index (χ0v) is 11.1. The predicted molar refractivity (Wildman–Crippen MR) is 67.7 cm³/mol. The summed E-state index contributed by atoms with van der Waals surface area (Å²) in [6.45, 7) is 2.00. The van der Waals surface area contributed by atoms with Crippen LogP contribution in [0.1, 0.15) is 18.9 Å². The van der Waals surface area contributed by atoms with Crippen molar-refractivity contribution in [3.8, 4) is 0 Å². The Bertz CT molecular complexity index is 339. The fourth-order valence-corrected chi connectivity index (χ4v) is 2.27. The summed E-state index contributed by atoms with van der Waals surface area (Å²) in [5.41, 5.74) is -0.474. The Labute approximate surface area is 110 Å². The smallest absolute Gasteiger partial charge is 0.130 e. The van der Waals surface area contributed by atoms with Gasteiger partial charge in [-0.25, -0.2) is 8.78 Å². The SMILES string of the molecule is CCC(CCl)(CCl)NCc1c(F)cccc1F. The second-order valence-electron chi connectivity index (χ2n) is 3.95. The molecule has 0 radical (unpaired) electrons. The summed E-state index contributed by atoms with van der Waals surface area (Å²) in [6, 6.07) is 3.80. The Morgan fingerprint density at radius 3 is 2.12 bits per heavy atom. The lowest BCUT2D eigenvalue weighted by molar-refractivity contribution is 0.376. The molecule has 0 unspecified atom stereocenters. The van der Waals surface area contributed by atoms with Gasteiger partial charge in [0.15, 0.2) is 0 Å². The Morgan fingerprint density at radius 2 is 1.71 bits per heavy atom. The van der Waals surface area contributed by atoms with E-state index in [1.54, 1.807) is 0 Å². The molecule has 1 aromatic carbocycles. The first-order chi connectivity index (χ1) is 8.08. The molecule has 0 atom stereocenters. The Morgan fingerprint density at radius 1 is 1.18 bits per heavy atom. The largest absolute Gasteiger partial charge is 0.305 e. The minimum atomic E-state index is -0.563. The van der Waals surface area contributed by atoms with E-state index in [9.17, 15) is 8.78 Å². The van der Waals surface area contributed by atoms with Crippen molar-refractivity contribution >= 4 is 23.2 Å². The normalized spacial score (nSPS) is 11.8. The van der Waals surface area contributed by atoms with Gasteiger partial charge in [-0.05, 0) is 18.6 Å². The maximum Gasteiger partial charge on any atom is 0.130 e. The summed E-state index contributed by atoms with van der Waals surface area (Å²) in [6.07, 6.45) is 0.691. The van der Waals surface area contributed by atoms with Gasteiger partial charge < -0.3 is 5.32 Å². The van der Waals surface area contributed by atoms with Crippen molar-refractivity contribution in [2.75, 3.05) is 11.8 Å². The number of benzene rings is 1. The first-order valence-electron chi connectivity index (χ1n) is 5.38. The molecule has 0 aliphatic rings. The van der Waals surface area contributed by atoms with Crippen molar-refractivity contribution < 1.29 is 8.78 Å². The summed E-state index contributed by atoms with van der Waals surface area (Å²) in [7, 11) is 0. The van der Waals surface area contributed by atoms with E-state index >= 15 is 0 Å². The second-order valence-corrected chi connectivity index (χ2v) is 4.49. The minimum Gasteiger partial charge on any atom is -0.305 e. The van der Waals surface area contributed by atoms with Crippen LogP contribution in [-0.2, 0) is 6.54 Å². The predicted octanol–water partition coefficient (Wildman–Crippen LogP) is 3.68. The summed E-state index contributed by atoms with van der Waals surface area (Å²) in [5.74, 6) is -0.537. The van der Waals surface area contributed by atoms with Crippen LogP contribution in [0.15, 0.2) is 18.2 Å². The van der Waals surface area contributed by atoms with Crippen molar-refractivity contribution in [3.05, 3.63) is 35.4 Å². The van der Waals surface area contributed by atoms with Gasteiger partial charge in [0.2, 0.25) is 0 Å². The minimum absolute atomic E-state index is 0.0144. The highest BCUT2D eigenvalue weighted by molar-refractivity contribution is 6.22. The molecular weight excluding hydrogens is 267 g/mol. The van der Waals surface area contributed by atoms with Gasteiger partial charge >= 0.3 is 0 Å². The molecule has 5 heteroatoms. The van der Waals surface area contributed by atoms with Gasteiger partial charge in [-0.3, -0.25) is 0 Å². The Kier molecular flexibility index (Phi) is 5.63. The fraction of sp³-hybridized carbons (Fsp3) is 0.500. The van der Waals surface area contributed by atoms with E-state index < -0.39 is 17.2 Å². The molecule has 1 nitrogen and oxygen atoms in total. The molecule has 0 saturated heterocycles. The van der Waals surface area contributed by atoms with Crippen LogP contribution in [0.4, 0.5) is 8.78 Å². The average molecular weight is 282 g/mol. The number of alkyl halides is 2. The van der Waals surface area contributed by atoms with Gasteiger partial charge in [0, 0.05) is 29.4 Å². The molecule has 0 amide bonds. The molecular formula is C12H15Cl2F2N. The van der Waals surface area contributed by atoms with E-state index in [1.807, 2.05) is 6.92 Å². The fourth-order valence-electron chi connectivity index (χ4n) is 1.42. The van der Waals surface area contributed by atoms with Crippen molar-refractivity contribution in [3.63, 3.8) is 0 Å². The number of rotatable bonds is 6. The quantitative estimate of drug-likeness (QED) is 0.785. The van der Waals surface area contributed by atoms with E-state index in [1.165, 1.54) is 18.2 Å². The first kappa shape index (κ1) is 14.7. The van der Waals surface area contributed by atoms with E-state index in [-0.39, 0.29) is 12.1 Å². The van der Waals surface area contributed by atoms with E-state index in [4.69, 9.17) is 23.2 Å². The molecule has 0 fully saturated rings. The van der Waals surface area contributed by atoms with Gasteiger partial charge in [-0.2, -0.15) is 0 Å². The molecule has 96 valence electrons. The second kappa shape index (κ2) is 6.53. The van der Waals surface area contributed by atoms with E-state index in [0.29, 0.717) is 18.2 Å². The van der Waals surface area contributed by atoms with Crippen LogP contribution in [0.3, 0.4) is 0 Å². The number of halogens is 4. The van der Waals surface area contributed by atoms with Crippen LogP contribution in [0.2, 0.25) is 0 Å². The maximum absolute atomic E-state index is 13.4. The summed E-state index contributed by atoms with van der Waals surface area (Å²) in [4.78, 5) is 0. The van der Waals surface area contributed by atoms with Gasteiger partial charge in [0.05, 0.1) is 0 Å². The molecule has 1 aromatic rings. The lowest BCUT2D eigenvalue weighted by Crippen LogP contribution is -2.48. The first-order valence-corrected chi connectivity index (χ1v) is 6.45. The molecule has 0 aromatic heterocycles. The van der Waals surface area contributed by atoms with Crippen LogP contribution < -0.4 is 5.32 Å². The molecule has 0 bridgehead atoms. The summed E-state index contributed by atoms with van der Waals surface area (Å²) >= 11 is 11.7. The monoisotopic (exact) mass is 281 g/mol. The molecule has 0 saturated carbocycles. The van der Waals surface area contributed by atoms with Crippen molar-refractivity contribution in [1.82, 2.24) is 5.32 Å². The molecule has 17 heavy (non-hydrogen) atoms. The highest BCUT2D eigenvalue weighted by Gasteiger charge is 2.26. The van der Waals surface area contributed by atoms with E-state index in [2.05, 4.69) is 5.32 Å². The Hall–Kier alpha value is -0.380. The van der Waals surface area contributed by atoms with Gasteiger partial charge in [0.1, 0.15) is 11.6 Å². The molecule has 1 N–H and O–H groups in total.